The van der Waals surface area contributed by atoms with Crippen LogP contribution in [0.5, 0.6) is 5.75 Å². The molecule has 30 heavy (non-hydrogen) atoms. The molecule has 0 aromatic heterocycles. The molecule has 0 radical (unpaired) electrons. The van der Waals surface area contributed by atoms with Crippen molar-refractivity contribution < 1.29 is 44.8 Å². The third-order valence-electron chi connectivity index (χ3n) is 3.54. The number of carbonyl (C=O) groups is 1. The zero-order valence-corrected chi connectivity index (χ0v) is 15.3. The predicted octanol–water partition coefficient (Wildman–Crippen LogP) is 3.63. The van der Waals surface area contributed by atoms with Gasteiger partial charge in [0.2, 0.25) is 9.84 Å². The number of ether oxygens (including phenoxy) is 1. The molecule has 0 aliphatic rings. The molecule has 0 fully saturated rings. The summed E-state index contributed by atoms with van der Waals surface area (Å²) in [5.74, 6) is -5.40. The van der Waals surface area contributed by atoms with Crippen LogP contribution in [0.2, 0.25) is 0 Å². The number of alkyl halides is 5. The Labute approximate surface area is 165 Å². The topological polar surface area (TPSA) is 116 Å². The highest BCUT2D eigenvalue weighted by Gasteiger charge is 2.36. The fraction of sp³-hybridized carbons (Fsp3) is 0.188. The molecule has 8 nitrogen and oxygen atoms in total. The van der Waals surface area contributed by atoms with Gasteiger partial charge >= 0.3 is 11.9 Å². The number of nitro groups is 1. The van der Waals surface area contributed by atoms with Gasteiger partial charge in [-0.2, -0.15) is 22.0 Å². The van der Waals surface area contributed by atoms with Crippen molar-refractivity contribution in [1.82, 2.24) is 0 Å². The predicted molar refractivity (Wildman–Crippen MR) is 91.9 cm³/mol. The Morgan fingerprint density at radius 1 is 1.13 bits per heavy atom. The summed E-state index contributed by atoms with van der Waals surface area (Å²) in [6.45, 7) is -0.919. The van der Waals surface area contributed by atoms with Gasteiger partial charge in [-0.3, -0.25) is 14.9 Å². The molecule has 0 aliphatic heterocycles. The first-order chi connectivity index (χ1) is 13.8. The van der Waals surface area contributed by atoms with Gasteiger partial charge in [-0.05, 0) is 30.3 Å². The van der Waals surface area contributed by atoms with Gasteiger partial charge in [0, 0.05) is 17.8 Å². The van der Waals surface area contributed by atoms with Gasteiger partial charge in [-0.25, -0.2) is 8.42 Å². The minimum absolute atomic E-state index is 0.0310. The van der Waals surface area contributed by atoms with Gasteiger partial charge in [-0.15, -0.1) is 0 Å². The van der Waals surface area contributed by atoms with E-state index in [1.54, 1.807) is 0 Å². The third kappa shape index (κ3) is 5.40. The fourth-order valence-corrected chi connectivity index (χ4v) is 2.87. The van der Waals surface area contributed by atoms with Crippen molar-refractivity contribution >= 4 is 27.1 Å². The van der Waals surface area contributed by atoms with Crippen LogP contribution >= 0.6 is 0 Å². The van der Waals surface area contributed by atoms with Crippen LogP contribution in [0.4, 0.5) is 33.3 Å². The molecule has 0 aliphatic carbocycles. The van der Waals surface area contributed by atoms with Crippen molar-refractivity contribution in [2.75, 3.05) is 11.9 Å². The molecule has 0 unspecified atom stereocenters. The fourth-order valence-electron chi connectivity index (χ4n) is 2.15. The second-order valence-electron chi connectivity index (χ2n) is 5.60. The minimum atomic E-state index is -4.98. The average Bonchev–Trinajstić information content (AvgIpc) is 2.65. The van der Waals surface area contributed by atoms with E-state index in [1.165, 1.54) is 0 Å². The maximum atomic E-state index is 13.0. The molecule has 1 N–H and O–H groups in total. The number of nitrogens with zero attached hydrogens (tertiary/aromatic N) is 1. The molecule has 0 saturated carbocycles. The lowest BCUT2D eigenvalue weighted by Crippen LogP contribution is -2.21. The molecule has 0 spiro atoms. The largest absolute Gasteiger partial charge is 0.483 e. The Balaban J connectivity index is 2.09. The van der Waals surface area contributed by atoms with E-state index in [4.69, 9.17) is 4.74 Å². The molecule has 1 amide bonds. The van der Waals surface area contributed by atoms with Gasteiger partial charge in [-0.1, -0.05) is 0 Å². The molecule has 14 heteroatoms. The van der Waals surface area contributed by atoms with Crippen LogP contribution in [-0.4, -0.2) is 31.6 Å². The molecule has 2 aromatic carbocycles. The molecule has 0 heterocycles. The van der Waals surface area contributed by atoms with Crippen molar-refractivity contribution in [2.24, 2.45) is 0 Å². The average molecular weight is 454 g/mol. The van der Waals surface area contributed by atoms with E-state index >= 15 is 0 Å². The number of benzene rings is 2. The van der Waals surface area contributed by atoms with Gasteiger partial charge in [0.15, 0.2) is 6.61 Å². The number of hydrogen-bond donors (Lipinski definition) is 1. The van der Waals surface area contributed by atoms with Crippen molar-refractivity contribution in [3.63, 3.8) is 0 Å². The van der Waals surface area contributed by atoms with Crippen molar-refractivity contribution in [2.45, 2.75) is 16.8 Å². The van der Waals surface area contributed by atoms with E-state index in [0.29, 0.717) is 6.07 Å². The van der Waals surface area contributed by atoms with E-state index in [0.717, 1.165) is 30.3 Å². The summed E-state index contributed by atoms with van der Waals surface area (Å²) in [4.78, 5) is 20.8. The monoisotopic (exact) mass is 454 g/mol. The third-order valence-corrected chi connectivity index (χ3v) is 4.94. The number of sulfone groups is 1. The standard InChI is InChI=1S/C16H11F5N2O6S/c17-15(18)30(27,28)11-4-1-9(2-5-11)22-14(24)8-29-13-6-3-10(23(25)26)7-12(13)16(19,20)21/h1-7,15H,8H2,(H,22,24). The Bertz CT molecular complexity index is 1050. The maximum Gasteiger partial charge on any atom is 0.420 e. The van der Waals surface area contributed by atoms with Crippen LogP contribution in [0.25, 0.3) is 0 Å². The van der Waals surface area contributed by atoms with Crippen molar-refractivity contribution in [3.05, 3.63) is 58.1 Å². The number of halogens is 5. The van der Waals surface area contributed by atoms with E-state index in [2.05, 4.69) is 5.32 Å². The Morgan fingerprint density at radius 3 is 2.23 bits per heavy atom. The highest BCUT2D eigenvalue weighted by Crippen LogP contribution is 2.38. The molecule has 2 rings (SSSR count). The zero-order chi connectivity index (χ0) is 22.7. The molecule has 0 atom stereocenters. The summed E-state index contributed by atoms with van der Waals surface area (Å²) < 4.78 is 91.5. The lowest BCUT2D eigenvalue weighted by molar-refractivity contribution is -0.385. The first-order valence-electron chi connectivity index (χ1n) is 7.73. The van der Waals surface area contributed by atoms with Crippen LogP contribution < -0.4 is 10.1 Å². The summed E-state index contributed by atoms with van der Waals surface area (Å²) >= 11 is 0. The number of nitrogens with one attached hydrogen (secondary N) is 1. The molecule has 0 saturated heterocycles. The van der Waals surface area contributed by atoms with E-state index < -0.39 is 61.1 Å². The number of rotatable bonds is 7. The van der Waals surface area contributed by atoms with Gasteiger partial charge in [0.05, 0.1) is 9.82 Å². The van der Waals surface area contributed by atoms with E-state index in [1.807, 2.05) is 0 Å². The highest BCUT2D eigenvalue weighted by molar-refractivity contribution is 7.91. The van der Waals surface area contributed by atoms with E-state index in [9.17, 15) is 45.3 Å². The summed E-state index contributed by atoms with van der Waals surface area (Å²) in [6.07, 6.45) is -4.98. The van der Waals surface area contributed by atoms with Crippen LogP contribution in [0.1, 0.15) is 5.56 Å². The normalized spacial score (nSPS) is 11.9. The highest BCUT2D eigenvalue weighted by atomic mass is 32.2. The first kappa shape index (κ1) is 23.0. The van der Waals surface area contributed by atoms with Gasteiger partial charge < -0.3 is 10.1 Å². The first-order valence-corrected chi connectivity index (χ1v) is 9.27. The summed E-state index contributed by atoms with van der Waals surface area (Å²) in [5, 5.41) is 12.8. The Morgan fingerprint density at radius 2 is 1.73 bits per heavy atom. The number of non-ortho nitro benzene ring substituents is 1. The molecular weight excluding hydrogens is 443 g/mol. The lowest BCUT2D eigenvalue weighted by Gasteiger charge is -2.14. The lowest BCUT2D eigenvalue weighted by atomic mass is 10.1. The second kappa shape index (κ2) is 8.61. The van der Waals surface area contributed by atoms with E-state index in [-0.39, 0.29) is 11.8 Å². The van der Waals surface area contributed by atoms with Gasteiger partial charge in [0.25, 0.3) is 11.6 Å². The summed E-state index contributed by atoms with van der Waals surface area (Å²) in [5.41, 5.74) is -2.31. The number of hydrogen-bond acceptors (Lipinski definition) is 6. The molecule has 162 valence electrons. The number of carbonyl (C=O) groups excluding carboxylic acids is 1. The second-order valence-corrected chi connectivity index (χ2v) is 7.52. The number of amides is 1. The van der Waals surface area contributed by atoms with Gasteiger partial charge in [0.1, 0.15) is 11.3 Å². The Hall–Kier alpha value is -3.29. The molecule has 0 bridgehead atoms. The van der Waals surface area contributed by atoms with Crippen LogP contribution in [0, 0.1) is 10.1 Å². The Kier molecular flexibility index (Phi) is 6.60. The van der Waals surface area contributed by atoms with Crippen LogP contribution in [0.3, 0.4) is 0 Å². The quantitative estimate of drug-likeness (QED) is 0.388. The smallest absolute Gasteiger partial charge is 0.420 e. The molecular formula is C16H11F5N2O6S. The minimum Gasteiger partial charge on any atom is -0.483 e. The zero-order valence-electron chi connectivity index (χ0n) is 14.5. The maximum absolute atomic E-state index is 13.0. The van der Waals surface area contributed by atoms with Crippen molar-refractivity contribution in [3.8, 4) is 5.75 Å². The molecule has 2 aromatic rings. The SMILES string of the molecule is O=C(COc1ccc([N+](=O)[O-])cc1C(F)(F)F)Nc1ccc(S(=O)(=O)C(F)F)cc1. The summed E-state index contributed by atoms with van der Waals surface area (Å²) in [7, 11) is -4.82. The van der Waals surface area contributed by atoms with Crippen LogP contribution in [0.15, 0.2) is 47.4 Å². The number of anilines is 1. The summed E-state index contributed by atoms with van der Waals surface area (Å²) in [6, 6.07) is 5.35. The van der Waals surface area contributed by atoms with Crippen molar-refractivity contribution in [1.29, 1.82) is 0 Å². The van der Waals surface area contributed by atoms with Crippen LogP contribution in [-0.2, 0) is 20.8 Å². The number of nitro benzene ring substituents is 1.